The average molecular weight is 324 g/mol. The highest BCUT2D eigenvalue weighted by Gasteiger charge is 2.18. The molecule has 0 radical (unpaired) electrons. The molecule has 5 nitrogen and oxygen atoms in total. The Morgan fingerprint density at radius 2 is 2.11 bits per heavy atom. The van der Waals surface area contributed by atoms with Crippen molar-refractivity contribution in [1.29, 1.82) is 0 Å². The lowest BCUT2D eigenvalue weighted by atomic mass is 9.96. The van der Waals surface area contributed by atoms with Crippen LogP contribution in [0.5, 0.6) is 0 Å². The summed E-state index contributed by atoms with van der Waals surface area (Å²) in [5.41, 5.74) is 0.257. The standard InChI is InChI=1S/C13H14BrN3O2/c1-13(2,3)12-15-6-4-9(17-12)16-11(18)8-5-7-19-10(8)14/h4-7H,1-3H3,(H,15,16,17,18). The molecule has 0 spiro atoms. The SMILES string of the molecule is CC(C)(C)c1nccc(NC(=O)c2ccoc2Br)n1. The summed E-state index contributed by atoms with van der Waals surface area (Å²) in [6, 6.07) is 3.24. The number of halogens is 1. The van der Waals surface area contributed by atoms with E-state index in [1.807, 2.05) is 20.8 Å². The Kier molecular flexibility index (Phi) is 3.71. The maximum atomic E-state index is 12.0. The number of anilines is 1. The fourth-order valence-corrected chi connectivity index (χ4v) is 1.85. The van der Waals surface area contributed by atoms with Crippen molar-refractivity contribution < 1.29 is 9.21 Å². The van der Waals surface area contributed by atoms with Gasteiger partial charge in [0.25, 0.3) is 5.91 Å². The number of nitrogens with one attached hydrogen (secondary N) is 1. The van der Waals surface area contributed by atoms with E-state index in [9.17, 15) is 4.79 Å². The van der Waals surface area contributed by atoms with E-state index in [0.29, 0.717) is 21.9 Å². The minimum atomic E-state index is -0.279. The van der Waals surface area contributed by atoms with E-state index in [1.165, 1.54) is 6.26 Å². The zero-order valence-corrected chi connectivity index (χ0v) is 12.5. The molecular formula is C13H14BrN3O2. The molecule has 2 aromatic heterocycles. The molecule has 0 aromatic carbocycles. The van der Waals surface area contributed by atoms with E-state index >= 15 is 0 Å². The molecule has 2 rings (SSSR count). The predicted octanol–water partition coefficient (Wildman–Crippen LogP) is 3.38. The molecule has 2 heterocycles. The van der Waals surface area contributed by atoms with Crippen LogP contribution in [0, 0.1) is 0 Å². The van der Waals surface area contributed by atoms with E-state index < -0.39 is 0 Å². The van der Waals surface area contributed by atoms with E-state index in [0.717, 1.165) is 0 Å². The number of rotatable bonds is 2. The Morgan fingerprint density at radius 3 is 2.68 bits per heavy atom. The molecule has 0 fully saturated rings. The van der Waals surface area contributed by atoms with Crippen LogP contribution in [-0.2, 0) is 5.41 Å². The van der Waals surface area contributed by atoms with Crippen molar-refractivity contribution in [1.82, 2.24) is 9.97 Å². The summed E-state index contributed by atoms with van der Waals surface area (Å²) in [5, 5.41) is 2.72. The predicted molar refractivity (Wildman–Crippen MR) is 75.1 cm³/mol. The zero-order valence-electron chi connectivity index (χ0n) is 10.9. The van der Waals surface area contributed by atoms with Crippen molar-refractivity contribution in [3.63, 3.8) is 0 Å². The van der Waals surface area contributed by atoms with Crippen molar-refractivity contribution in [2.45, 2.75) is 26.2 Å². The van der Waals surface area contributed by atoms with Gasteiger partial charge in [0.15, 0.2) is 4.67 Å². The van der Waals surface area contributed by atoms with Gasteiger partial charge in [0.1, 0.15) is 11.6 Å². The molecule has 1 amide bonds. The van der Waals surface area contributed by atoms with E-state index in [1.54, 1.807) is 18.3 Å². The van der Waals surface area contributed by atoms with Crippen LogP contribution in [0.15, 0.2) is 33.7 Å². The van der Waals surface area contributed by atoms with Crippen LogP contribution >= 0.6 is 15.9 Å². The highest BCUT2D eigenvalue weighted by molar-refractivity contribution is 9.10. The van der Waals surface area contributed by atoms with Crippen LogP contribution < -0.4 is 5.32 Å². The Labute approximate surface area is 119 Å². The Bertz CT molecular complexity index is 602. The molecule has 100 valence electrons. The van der Waals surface area contributed by atoms with Crippen LogP contribution in [0.3, 0.4) is 0 Å². The Balaban J connectivity index is 2.21. The van der Waals surface area contributed by atoms with Gasteiger partial charge >= 0.3 is 0 Å². The molecule has 2 aromatic rings. The summed E-state index contributed by atoms with van der Waals surface area (Å²) in [5.74, 6) is 0.869. The topological polar surface area (TPSA) is 68.0 Å². The van der Waals surface area contributed by atoms with Crippen LogP contribution in [0.2, 0.25) is 0 Å². The first-order chi connectivity index (χ1) is 8.88. The largest absolute Gasteiger partial charge is 0.457 e. The zero-order chi connectivity index (χ0) is 14.0. The van der Waals surface area contributed by atoms with Gasteiger partial charge in [0.05, 0.1) is 11.8 Å². The van der Waals surface area contributed by atoms with Gasteiger partial charge in [-0.1, -0.05) is 20.8 Å². The number of hydrogen-bond acceptors (Lipinski definition) is 4. The quantitative estimate of drug-likeness (QED) is 0.919. The van der Waals surface area contributed by atoms with Crippen molar-refractivity contribution in [2.24, 2.45) is 0 Å². The van der Waals surface area contributed by atoms with Crippen molar-refractivity contribution in [2.75, 3.05) is 5.32 Å². The minimum absolute atomic E-state index is 0.170. The first-order valence-electron chi connectivity index (χ1n) is 5.76. The maximum Gasteiger partial charge on any atom is 0.261 e. The van der Waals surface area contributed by atoms with Crippen molar-refractivity contribution in [3.8, 4) is 0 Å². The van der Waals surface area contributed by atoms with Gasteiger partial charge in [-0.2, -0.15) is 0 Å². The maximum absolute atomic E-state index is 12.0. The van der Waals surface area contributed by atoms with Crippen molar-refractivity contribution in [3.05, 3.63) is 40.7 Å². The summed E-state index contributed by atoms with van der Waals surface area (Å²) in [4.78, 5) is 20.5. The Morgan fingerprint density at radius 1 is 1.37 bits per heavy atom. The molecule has 1 N–H and O–H groups in total. The Hall–Kier alpha value is -1.69. The lowest BCUT2D eigenvalue weighted by molar-refractivity contribution is 0.102. The molecule has 0 saturated carbocycles. The van der Waals surface area contributed by atoms with Gasteiger partial charge in [-0.15, -0.1) is 0 Å². The summed E-state index contributed by atoms with van der Waals surface area (Å²) in [6.07, 6.45) is 3.08. The number of hydrogen-bond donors (Lipinski definition) is 1. The molecule has 0 aliphatic carbocycles. The van der Waals surface area contributed by atoms with E-state index in [4.69, 9.17) is 4.42 Å². The highest BCUT2D eigenvalue weighted by Crippen LogP contribution is 2.21. The van der Waals surface area contributed by atoms with Gasteiger partial charge in [0.2, 0.25) is 0 Å². The summed E-state index contributed by atoms with van der Waals surface area (Å²) >= 11 is 3.17. The fourth-order valence-electron chi connectivity index (χ4n) is 1.43. The lowest BCUT2D eigenvalue weighted by Gasteiger charge is -2.16. The van der Waals surface area contributed by atoms with Crippen LogP contribution in [0.1, 0.15) is 37.0 Å². The molecule has 0 aliphatic rings. The molecule has 0 bridgehead atoms. The highest BCUT2D eigenvalue weighted by atomic mass is 79.9. The third-order valence-electron chi connectivity index (χ3n) is 2.43. The average Bonchev–Trinajstić information content (AvgIpc) is 2.75. The number of carbonyl (C=O) groups excluding carboxylic acids is 1. The monoisotopic (exact) mass is 323 g/mol. The third-order valence-corrected chi connectivity index (χ3v) is 3.04. The summed E-state index contributed by atoms with van der Waals surface area (Å²) in [7, 11) is 0. The minimum Gasteiger partial charge on any atom is -0.457 e. The fraction of sp³-hybridized carbons (Fsp3) is 0.308. The lowest BCUT2D eigenvalue weighted by Crippen LogP contribution is -2.18. The van der Waals surface area contributed by atoms with Crippen molar-refractivity contribution >= 4 is 27.7 Å². The normalized spacial score (nSPS) is 11.4. The first-order valence-corrected chi connectivity index (χ1v) is 6.55. The van der Waals surface area contributed by atoms with Crippen LogP contribution in [0.4, 0.5) is 5.82 Å². The second-order valence-electron chi connectivity index (χ2n) is 5.08. The van der Waals surface area contributed by atoms with Gasteiger partial charge in [-0.3, -0.25) is 4.79 Å². The second kappa shape index (κ2) is 5.13. The molecule has 19 heavy (non-hydrogen) atoms. The third kappa shape index (κ3) is 3.20. The molecule has 6 heteroatoms. The van der Waals surface area contributed by atoms with Gasteiger partial charge in [-0.25, -0.2) is 9.97 Å². The van der Waals surface area contributed by atoms with Gasteiger partial charge < -0.3 is 9.73 Å². The van der Waals surface area contributed by atoms with E-state index in [2.05, 4.69) is 31.2 Å². The van der Waals surface area contributed by atoms with Crippen LogP contribution in [-0.4, -0.2) is 15.9 Å². The second-order valence-corrected chi connectivity index (χ2v) is 5.80. The smallest absolute Gasteiger partial charge is 0.261 e. The van der Waals surface area contributed by atoms with Gasteiger partial charge in [0, 0.05) is 11.6 Å². The van der Waals surface area contributed by atoms with Gasteiger partial charge in [-0.05, 0) is 28.1 Å². The number of aromatic nitrogens is 2. The molecular weight excluding hydrogens is 310 g/mol. The molecule has 0 atom stereocenters. The number of carbonyl (C=O) groups is 1. The molecule has 0 saturated heterocycles. The number of nitrogens with zero attached hydrogens (tertiary/aromatic N) is 2. The van der Waals surface area contributed by atoms with Crippen LogP contribution in [0.25, 0.3) is 0 Å². The van der Waals surface area contributed by atoms with E-state index in [-0.39, 0.29) is 11.3 Å². The summed E-state index contributed by atoms with van der Waals surface area (Å²) in [6.45, 7) is 6.04. The number of furan rings is 1. The number of amides is 1. The molecule has 0 aliphatic heterocycles. The summed E-state index contributed by atoms with van der Waals surface area (Å²) < 4.78 is 5.42. The first kappa shape index (κ1) is 13.7. The molecule has 0 unspecified atom stereocenters.